The Labute approximate surface area is 348 Å². The molecule has 312 valence electrons. The zero-order valence-electron chi connectivity index (χ0n) is 34.1. The van der Waals surface area contributed by atoms with E-state index in [1.54, 1.807) is 67.7 Å². The topological polar surface area (TPSA) is 181 Å². The highest BCUT2D eigenvalue weighted by Crippen LogP contribution is 2.64. The van der Waals surface area contributed by atoms with Crippen molar-refractivity contribution in [1.82, 2.24) is 28.5 Å². The number of aryl methyl sites for hydroxylation is 3. The monoisotopic (exact) mass is 825 g/mol. The number of imide groups is 1. The van der Waals surface area contributed by atoms with Gasteiger partial charge in [0.05, 0.1) is 62.0 Å². The number of phenolic OH excluding ortho intramolecular Hbond substituents is 1. The molecule has 2 N–H and O–H groups in total. The molecule has 0 spiro atoms. The molecule has 2 aliphatic heterocycles. The van der Waals surface area contributed by atoms with Crippen LogP contribution in [0.25, 0.3) is 11.0 Å². The molecule has 2 fully saturated rings. The van der Waals surface area contributed by atoms with Crippen LogP contribution in [0.4, 0.5) is 5.69 Å². The molecule has 2 amide bonds. The summed E-state index contributed by atoms with van der Waals surface area (Å²) in [5.41, 5.74) is 3.73. The van der Waals surface area contributed by atoms with Crippen LogP contribution in [0.15, 0.2) is 111 Å². The first-order valence-corrected chi connectivity index (χ1v) is 19.8. The highest BCUT2D eigenvalue weighted by atomic mass is 16.5. The fourth-order valence-electron chi connectivity index (χ4n) is 9.65. The average molecular weight is 826 g/mol. The predicted molar refractivity (Wildman–Crippen MR) is 224 cm³/mol. The van der Waals surface area contributed by atoms with Crippen LogP contribution in [0.1, 0.15) is 40.8 Å². The molecule has 16 heteroatoms. The van der Waals surface area contributed by atoms with Gasteiger partial charge in [-0.25, -0.2) is 28.5 Å². The van der Waals surface area contributed by atoms with Gasteiger partial charge >= 0.3 is 11.4 Å². The maximum atomic E-state index is 15.4. The van der Waals surface area contributed by atoms with Gasteiger partial charge in [0.25, 0.3) is 17.4 Å². The van der Waals surface area contributed by atoms with Crippen molar-refractivity contribution >= 4 is 28.5 Å². The molecular weight excluding hydrogens is 783 g/mol. The second-order valence-electron chi connectivity index (χ2n) is 15.5. The normalized spacial score (nSPS) is 20.5. The maximum Gasteiger partial charge on any atom is 0.347 e. The zero-order chi connectivity index (χ0) is 42.9. The van der Waals surface area contributed by atoms with E-state index in [4.69, 9.17) is 14.2 Å². The summed E-state index contributed by atoms with van der Waals surface area (Å²) in [5, 5.41) is 12.8. The van der Waals surface area contributed by atoms with Crippen LogP contribution in [-0.4, -0.2) is 66.7 Å². The van der Waals surface area contributed by atoms with Crippen molar-refractivity contribution in [2.75, 3.05) is 26.8 Å². The van der Waals surface area contributed by atoms with Crippen molar-refractivity contribution in [3.05, 3.63) is 150 Å². The molecule has 6 aromatic rings. The summed E-state index contributed by atoms with van der Waals surface area (Å²) in [6.45, 7) is 1.70. The molecule has 1 aliphatic carbocycles. The van der Waals surface area contributed by atoms with Crippen LogP contribution in [0, 0.1) is 12.8 Å². The second kappa shape index (κ2) is 14.7. The van der Waals surface area contributed by atoms with Crippen molar-refractivity contribution < 1.29 is 28.9 Å². The third-order valence-corrected chi connectivity index (χ3v) is 12.5. The number of hydrazine groups is 1. The highest BCUT2D eigenvalue weighted by Gasteiger charge is 2.69. The smallest absolute Gasteiger partial charge is 0.347 e. The molecule has 4 atom stereocenters. The second-order valence-corrected chi connectivity index (χ2v) is 15.5. The Morgan fingerprint density at radius 3 is 2.26 bits per heavy atom. The molecule has 3 aliphatic rings. The molecule has 0 bridgehead atoms. The maximum absolute atomic E-state index is 15.4. The molecule has 1 saturated carbocycles. The van der Waals surface area contributed by atoms with E-state index >= 15 is 4.79 Å². The van der Waals surface area contributed by atoms with Crippen LogP contribution in [-0.2, 0) is 41.6 Å². The van der Waals surface area contributed by atoms with E-state index in [0.29, 0.717) is 39.4 Å². The molecule has 4 heterocycles. The van der Waals surface area contributed by atoms with Gasteiger partial charge in [-0.3, -0.25) is 19.8 Å². The number of hydrogen-bond acceptors (Lipinski definition) is 11. The van der Waals surface area contributed by atoms with Crippen LogP contribution in [0.2, 0.25) is 0 Å². The van der Waals surface area contributed by atoms with E-state index in [1.807, 2.05) is 31.2 Å². The van der Waals surface area contributed by atoms with Gasteiger partial charge in [0, 0.05) is 43.6 Å². The first-order chi connectivity index (χ1) is 29.4. The number of anilines is 1. The number of carbonyl (C=O) groups excluding carboxylic acids is 2. The first kappa shape index (κ1) is 39.1. The van der Waals surface area contributed by atoms with Crippen molar-refractivity contribution in [2.24, 2.45) is 13.0 Å². The minimum atomic E-state index is -1.63. The lowest BCUT2D eigenvalue weighted by Gasteiger charge is -2.49. The number of hydrogen-bond donors (Lipinski definition) is 2. The van der Waals surface area contributed by atoms with Gasteiger partial charge in [0.2, 0.25) is 0 Å². The number of allylic oxidation sites excluding steroid dienone is 2. The van der Waals surface area contributed by atoms with Gasteiger partial charge in [0.1, 0.15) is 17.2 Å². The molecule has 16 nitrogen and oxygen atoms in total. The lowest BCUT2D eigenvalue weighted by Crippen LogP contribution is -2.53. The average Bonchev–Trinajstić information content (AvgIpc) is 3.64. The Kier molecular flexibility index (Phi) is 9.44. The summed E-state index contributed by atoms with van der Waals surface area (Å²) >= 11 is 0. The van der Waals surface area contributed by atoms with E-state index in [0.717, 1.165) is 15.1 Å². The number of nitrogens with one attached hydrogen (secondary N) is 1. The van der Waals surface area contributed by atoms with Crippen LogP contribution < -0.4 is 36.6 Å². The summed E-state index contributed by atoms with van der Waals surface area (Å²) in [6, 6.07) is 23.5. The van der Waals surface area contributed by atoms with Crippen molar-refractivity contribution in [1.29, 1.82) is 0 Å². The van der Waals surface area contributed by atoms with Crippen molar-refractivity contribution in [3.8, 4) is 23.0 Å². The van der Waals surface area contributed by atoms with E-state index in [-0.39, 0.29) is 48.7 Å². The zero-order valence-corrected chi connectivity index (χ0v) is 34.1. The Morgan fingerprint density at radius 2 is 1.56 bits per heavy atom. The summed E-state index contributed by atoms with van der Waals surface area (Å²) < 4.78 is 21.9. The quantitative estimate of drug-likeness (QED) is 0.151. The number of aromatic nitrogens is 5. The number of phenols is 1. The van der Waals surface area contributed by atoms with Gasteiger partial charge in [-0.05, 0) is 48.7 Å². The Bertz CT molecular complexity index is 2980. The van der Waals surface area contributed by atoms with Gasteiger partial charge < -0.3 is 23.9 Å². The van der Waals surface area contributed by atoms with E-state index in [1.165, 1.54) is 41.3 Å². The fourth-order valence-corrected chi connectivity index (χ4v) is 9.65. The van der Waals surface area contributed by atoms with Crippen molar-refractivity contribution in [3.63, 3.8) is 0 Å². The minimum absolute atomic E-state index is 0.0365. The number of fused-ring (bicyclic) bond motifs is 5. The molecule has 1 saturated heterocycles. The molecule has 9 rings (SSSR count). The van der Waals surface area contributed by atoms with Gasteiger partial charge in [0.15, 0.2) is 11.5 Å². The molecule has 4 aromatic carbocycles. The Balaban J connectivity index is 1.18. The lowest BCUT2D eigenvalue weighted by molar-refractivity contribution is -0.138. The molecule has 61 heavy (non-hydrogen) atoms. The summed E-state index contributed by atoms with van der Waals surface area (Å²) in [7, 11) is 6.05. The number of amides is 2. The molecular formula is C45H43N7O9. The largest absolute Gasteiger partial charge is 0.508 e. The first-order valence-electron chi connectivity index (χ1n) is 19.8. The van der Waals surface area contributed by atoms with E-state index in [9.17, 15) is 24.3 Å². The summed E-state index contributed by atoms with van der Waals surface area (Å²) in [4.78, 5) is 77.5. The predicted octanol–water partition coefficient (Wildman–Crippen LogP) is 3.96. The standard InChI is InChI=1S/C45H43N7O9/c1-25-14-16-27(17-15-25)47-51-40(54)29-22-32-28(39(38-34(53)12-9-13-35(38)59-3)45(29,42(51)56)26-10-7-6-8-11-26)18-21-50-43(57)49(44(58)52(32)50)20-19-30-41(55)48(2)33-24-37(61-5)36(60-4)23-31(33)46-30/h6-18,23-24,29,32,39,47,53H,19-22H2,1-5H3. The SMILES string of the molecule is COc1cc2nc(CCn3c(=O)n4n(c3=O)C3CC5C(=O)N(Nc6ccc(C)cc6)C(=O)C5(c5ccccc5)C(c5c(O)cccc5OC)C3=CC4)c(=O)n(C)c2cc1OC. The fraction of sp³-hybridized carbons (Fsp3) is 0.289. The van der Waals surface area contributed by atoms with Gasteiger partial charge in [-0.15, -0.1) is 0 Å². The van der Waals surface area contributed by atoms with Crippen LogP contribution in [0.5, 0.6) is 23.0 Å². The number of methoxy groups -OCH3 is 3. The minimum Gasteiger partial charge on any atom is -0.508 e. The molecule has 2 aromatic heterocycles. The number of carbonyl (C=O) groups is 2. The number of ether oxygens (including phenoxy) is 3. The summed E-state index contributed by atoms with van der Waals surface area (Å²) in [6.07, 6.45) is 1.72. The number of rotatable bonds is 10. The van der Waals surface area contributed by atoms with Gasteiger partial charge in [-0.2, -0.15) is 5.01 Å². The highest BCUT2D eigenvalue weighted by molar-refractivity contribution is 6.13. The lowest BCUT2D eigenvalue weighted by atomic mass is 9.53. The number of benzene rings is 4. The number of aromatic hydroxyl groups is 1. The van der Waals surface area contributed by atoms with Crippen LogP contribution in [0.3, 0.4) is 0 Å². The number of nitrogens with zero attached hydrogens (tertiary/aromatic N) is 6. The third kappa shape index (κ3) is 5.79. The van der Waals surface area contributed by atoms with Crippen LogP contribution >= 0.6 is 0 Å². The molecule has 0 radical (unpaired) electrons. The van der Waals surface area contributed by atoms with E-state index < -0.39 is 52.0 Å². The van der Waals surface area contributed by atoms with Crippen molar-refractivity contribution in [2.45, 2.75) is 50.2 Å². The molecule has 4 unspecified atom stereocenters. The van der Waals surface area contributed by atoms with E-state index in [2.05, 4.69) is 10.4 Å². The Hall–Kier alpha value is -7.36. The Morgan fingerprint density at radius 1 is 0.852 bits per heavy atom. The van der Waals surface area contributed by atoms with Gasteiger partial charge in [-0.1, -0.05) is 60.2 Å². The summed E-state index contributed by atoms with van der Waals surface area (Å²) in [5.74, 6) is -2.26. The third-order valence-electron chi connectivity index (χ3n) is 12.5.